The summed E-state index contributed by atoms with van der Waals surface area (Å²) in [4.78, 5) is 24.3. The normalized spacial score (nSPS) is 15.5. The van der Waals surface area contributed by atoms with Crippen LogP contribution < -0.4 is 9.47 Å². The summed E-state index contributed by atoms with van der Waals surface area (Å²) in [5.74, 6) is 0.0816. The summed E-state index contributed by atoms with van der Waals surface area (Å²) >= 11 is 0. The van der Waals surface area contributed by atoms with Gasteiger partial charge in [0.05, 0.1) is 43.4 Å². The van der Waals surface area contributed by atoms with E-state index in [1.165, 1.54) is 7.11 Å². The van der Waals surface area contributed by atoms with Crippen LogP contribution in [0.1, 0.15) is 56.4 Å². The Morgan fingerprint density at radius 1 is 1.09 bits per heavy atom. The number of aromatic hydroxyl groups is 2. The Morgan fingerprint density at radius 3 is 2.44 bits per heavy atom. The number of benzene rings is 3. The maximum absolute atomic E-state index is 12.8. The number of aryl methyl sites for hydroxylation is 1. The van der Waals surface area contributed by atoms with Gasteiger partial charge in [-0.2, -0.15) is 0 Å². The second-order valence-corrected chi connectivity index (χ2v) is 7.78. The number of methoxy groups -OCH3 is 2. The monoisotopic (exact) mass is 436 g/mol. The Kier molecular flexibility index (Phi) is 5.76. The Balaban J connectivity index is 1.85. The fourth-order valence-electron chi connectivity index (χ4n) is 4.32. The molecule has 1 aliphatic carbocycles. The van der Waals surface area contributed by atoms with Crippen molar-refractivity contribution in [2.24, 2.45) is 0 Å². The number of ether oxygens (including phenoxy) is 3. The molecule has 3 aromatic rings. The van der Waals surface area contributed by atoms with E-state index in [0.29, 0.717) is 41.6 Å². The summed E-state index contributed by atoms with van der Waals surface area (Å²) in [5.41, 5.74) is 2.04. The van der Waals surface area contributed by atoms with E-state index in [2.05, 4.69) is 0 Å². The number of carbonyl (C=O) groups excluding carboxylic acids is 2. The molecule has 4 rings (SSSR count). The molecular formula is C25H24O7. The van der Waals surface area contributed by atoms with Crippen molar-refractivity contribution < 1.29 is 34.0 Å². The third-order valence-electron chi connectivity index (χ3n) is 5.95. The molecule has 1 atom stereocenters. The average Bonchev–Trinajstić information content (AvgIpc) is 2.79. The van der Waals surface area contributed by atoms with E-state index in [-0.39, 0.29) is 40.2 Å². The molecule has 0 saturated carbocycles. The zero-order valence-electron chi connectivity index (χ0n) is 18.1. The van der Waals surface area contributed by atoms with Gasteiger partial charge in [0.25, 0.3) is 0 Å². The lowest BCUT2D eigenvalue weighted by molar-refractivity contribution is 0.0262. The number of phenols is 2. The SMILES string of the molecule is COc1ccc(CO[C@@H]2CCC(=O)c3c2c(OC)c2cc(C)c(C=O)c(O)c2c3O)cc1. The Bertz CT molecular complexity index is 1210. The summed E-state index contributed by atoms with van der Waals surface area (Å²) in [6.07, 6.45) is 0.636. The van der Waals surface area contributed by atoms with E-state index < -0.39 is 6.10 Å². The standard InChI is InChI=1S/C25H24O7/c1-13-10-16-20(23(28)17(13)11-26)24(29)21-18(27)8-9-19(22(21)25(16)31-3)32-12-14-4-6-15(30-2)7-5-14/h4-7,10-11,19,28-29H,8-9,12H2,1-3H3/t19-/m1/s1. The highest BCUT2D eigenvalue weighted by Crippen LogP contribution is 2.51. The topological polar surface area (TPSA) is 102 Å². The summed E-state index contributed by atoms with van der Waals surface area (Å²) in [7, 11) is 3.06. The molecular weight excluding hydrogens is 412 g/mol. The van der Waals surface area contributed by atoms with Crippen LogP contribution in [0.2, 0.25) is 0 Å². The fraction of sp³-hybridized carbons (Fsp3) is 0.280. The lowest BCUT2D eigenvalue weighted by atomic mass is 9.83. The highest BCUT2D eigenvalue weighted by Gasteiger charge is 2.35. The van der Waals surface area contributed by atoms with Gasteiger partial charge in [-0.25, -0.2) is 0 Å². The minimum Gasteiger partial charge on any atom is -0.506 e. The quantitative estimate of drug-likeness (QED) is 0.544. The van der Waals surface area contributed by atoms with Crippen LogP contribution in [-0.2, 0) is 11.3 Å². The molecule has 0 radical (unpaired) electrons. The first kappa shape index (κ1) is 21.6. The number of hydrogen-bond donors (Lipinski definition) is 2. The number of phenolic OH excluding ortho intramolecular Hbond substituents is 2. The smallest absolute Gasteiger partial charge is 0.167 e. The summed E-state index contributed by atoms with van der Waals surface area (Å²) in [6, 6.07) is 9.13. The predicted octanol–water partition coefficient (Wildman–Crippen LogP) is 4.62. The first-order valence-electron chi connectivity index (χ1n) is 10.2. The number of fused-ring (bicyclic) bond motifs is 2. The van der Waals surface area contributed by atoms with Gasteiger partial charge in [0.15, 0.2) is 12.1 Å². The van der Waals surface area contributed by atoms with Crippen LogP contribution in [0.4, 0.5) is 0 Å². The van der Waals surface area contributed by atoms with Crippen molar-refractivity contribution in [2.75, 3.05) is 14.2 Å². The van der Waals surface area contributed by atoms with Crippen molar-refractivity contribution in [2.45, 2.75) is 32.5 Å². The Morgan fingerprint density at radius 2 is 1.81 bits per heavy atom. The van der Waals surface area contributed by atoms with Gasteiger partial charge in [0.2, 0.25) is 0 Å². The van der Waals surface area contributed by atoms with Crippen molar-refractivity contribution >= 4 is 22.8 Å². The average molecular weight is 436 g/mol. The van der Waals surface area contributed by atoms with Gasteiger partial charge in [-0.3, -0.25) is 9.59 Å². The lowest BCUT2D eigenvalue weighted by Gasteiger charge is -2.29. The predicted molar refractivity (Wildman–Crippen MR) is 118 cm³/mol. The summed E-state index contributed by atoms with van der Waals surface area (Å²) < 4.78 is 17.0. The van der Waals surface area contributed by atoms with Gasteiger partial charge in [-0.05, 0) is 42.7 Å². The lowest BCUT2D eigenvalue weighted by Crippen LogP contribution is -2.19. The zero-order valence-corrected chi connectivity index (χ0v) is 18.1. The minimum atomic E-state index is -0.497. The largest absolute Gasteiger partial charge is 0.506 e. The zero-order chi connectivity index (χ0) is 23.0. The molecule has 0 aromatic heterocycles. The molecule has 7 nitrogen and oxygen atoms in total. The molecule has 0 unspecified atom stereocenters. The number of hydrogen-bond acceptors (Lipinski definition) is 7. The van der Waals surface area contributed by atoms with Crippen molar-refractivity contribution in [3.63, 3.8) is 0 Å². The molecule has 0 spiro atoms. The van der Waals surface area contributed by atoms with Crippen molar-refractivity contribution in [1.82, 2.24) is 0 Å². The van der Waals surface area contributed by atoms with E-state index in [9.17, 15) is 19.8 Å². The molecule has 0 aliphatic heterocycles. The molecule has 1 aliphatic rings. The third kappa shape index (κ3) is 3.44. The number of aldehydes is 1. The van der Waals surface area contributed by atoms with E-state index in [0.717, 1.165) is 11.3 Å². The molecule has 0 heterocycles. The fourth-order valence-corrected chi connectivity index (χ4v) is 4.32. The van der Waals surface area contributed by atoms with Gasteiger partial charge in [-0.1, -0.05) is 12.1 Å². The number of Topliss-reactive ketones (excluding diaryl/α,β-unsaturated/α-hetero) is 1. The van der Waals surface area contributed by atoms with Gasteiger partial charge >= 0.3 is 0 Å². The first-order chi connectivity index (χ1) is 15.4. The van der Waals surface area contributed by atoms with E-state index >= 15 is 0 Å². The second-order valence-electron chi connectivity index (χ2n) is 7.78. The Hall–Kier alpha value is -3.58. The van der Waals surface area contributed by atoms with Gasteiger partial charge < -0.3 is 24.4 Å². The van der Waals surface area contributed by atoms with Crippen LogP contribution in [0.3, 0.4) is 0 Å². The van der Waals surface area contributed by atoms with Gasteiger partial charge in [0, 0.05) is 17.4 Å². The van der Waals surface area contributed by atoms with E-state index in [1.54, 1.807) is 20.1 Å². The highest BCUT2D eigenvalue weighted by atomic mass is 16.5. The summed E-state index contributed by atoms with van der Waals surface area (Å²) in [6.45, 7) is 1.97. The molecule has 3 aromatic carbocycles. The number of rotatable bonds is 6. The molecule has 0 fully saturated rings. The molecule has 2 N–H and O–H groups in total. The van der Waals surface area contributed by atoms with Crippen molar-refractivity contribution in [3.8, 4) is 23.0 Å². The van der Waals surface area contributed by atoms with Crippen LogP contribution in [0.5, 0.6) is 23.0 Å². The van der Waals surface area contributed by atoms with Crippen molar-refractivity contribution in [1.29, 1.82) is 0 Å². The molecule has 0 bridgehead atoms. The van der Waals surface area contributed by atoms with E-state index in [4.69, 9.17) is 14.2 Å². The van der Waals surface area contributed by atoms with Gasteiger partial charge in [0.1, 0.15) is 23.0 Å². The molecule has 0 amide bonds. The molecule has 32 heavy (non-hydrogen) atoms. The second kappa shape index (κ2) is 8.51. The van der Waals surface area contributed by atoms with Crippen LogP contribution in [0.25, 0.3) is 10.8 Å². The van der Waals surface area contributed by atoms with Crippen LogP contribution in [0, 0.1) is 6.92 Å². The molecule has 0 saturated heterocycles. The number of carbonyl (C=O) groups is 2. The van der Waals surface area contributed by atoms with E-state index in [1.807, 2.05) is 24.3 Å². The van der Waals surface area contributed by atoms with Crippen molar-refractivity contribution in [3.05, 3.63) is 58.1 Å². The highest BCUT2D eigenvalue weighted by molar-refractivity contribution is 6.12. The first-order valence-corrected chi connectivity index (χ1v) is 10.2. The third-order valence-corrected chi connectivity index (χ3v) is 5.95. The van der Waals surface area contributed by atoms with Gasteiger partial charge in [-0.15, -0.1) is 0 Å². The van der Waals surface area contributed by atoms with Crippen LogP contribution in [0.15, 0.2) is 30.3 Å². The minimum absolute atomic E-state index is 0.0254. The maximum Gasteiger partial charge on any atom is 0.167 e. The van der Waals surface area contributed by atoms with Crippen LogP contribution in [-0.4, -0.2) is 36.5 Å². The summed E-state index contributed by atoms with van der Waals surface area (Å²) in [5, 5.41) is 22.1. The van der Waals surface area contributed by atoms with Crippen LogP contribution >= 0.6 is 0 Å². The number of ketones is 1. The Labute approximate surface area is 185 Å². The molecule has 166 valence electrons. The molecule has 7 heteroatoms. The maximum atomic E-state index is 12.8.